The third kappa shape index (κ3) is 7.45. The lowest BCUT2D eigenvalue weighted by molar-refractivity contribution is -0.126. The summed E-state index contributed by atoms with van der Waals surface area (Å²) in [7, 11) is 0. The van der Waals surface area contributed by atoms with Crippen LogP contribution >= 0.6 is 27.5 Å². The first-order valence-electron chi connectivity index (χ1n) is 9.72. The van der Waals surface area contributed by atoms with Crippen LogP contribution in [0.5, 0.6) is 5.75 Å². The molecule has 3 aromatic rings. The normalized spacial score (nSPS) is 10.5. The van der Waals surface area contributed by atoms with Crippen LogP contribution in [0.25, 0.3) is 0 Å². The number of halogens is 2. The summed E-state index contributed by atoms with van der Waals surface area (Å²) in [6.45, 7) is 0.274. The predicted molar refractivity (Wildman–Crippen MR) is 130 cm³/mol. The Labute approximate surface area is 204 Å². The number of nitrogens with one attached hydrogen (secondary N) is 2. The Morgan fingerprint density at radius 1 is 1.09 bits per heavy atom. The lowest BCUT2D eigenvalue weighted by atomic mass is 10.1. The number of ether oxygens (including phenoxy) is 1. The highest BCUT2D eigenvalue weighted by atomic mass is 79.9. The summed E-state index contributed by atoms with van der Waals surface area (Å²) in [5.41, 5.74) is 4.90. The molecule has 7 nitrogen and oxygen atoms in total. The van der Waals surface area contributed by atoms with E-state index in [0.29, 0.717) is 32.1 Å². The van der Waals surface area contributed by atoms with Gasteiger partial charge in [-0.25, -0.2) is 5.43 Å². The Bertz CT molecular complexity index is 1220. The highest BCUT2D eigenvalue weighted by molar-refractivity contribution is 9.10. The van der Waals surface area contributed by atoms with E-state index in [4.69, 9.17) is 21.6 Å². The van der Waals surface area contributed by atoms with Crippen molar-refractivity contribution in [3.63, 3.8) is 0 Å². The maximum absolute atomic E-state index is 12.1. The zero-order chi connectivity index (χ0) is 23.6. The maximum atomic E-state index is 12.1. The van der Waals surface area contributed by atoms with Crippen LogP contribution in [0.1, 0.15) is 23.1 Å². The summed E-state index contributed by atoms with van der Waals surface area (Å²) < 4.78 is 6.55. The molecular weight excluding hydrogens is 508 g/mol. The van der Waals surface area contributed by atoms with E-state index in [1.807, 2.05) is 18.2 Å². The third-order valence-corrected chi connectivity index (χ3v) is 5.24. The molecule has 0 aliphatic heterocycles. The van der Waals surface area contributed by atoms with E-state index >= 15 is 0 Å². The van der Waals surface area contributed by atoms with Crippen molar-refractivity contribution in [3.8, 4) is 11.8 Å². The zero-order valence-electron chi connectivity index (χ0n) is 17.2. The minimum Gasteiger partial charge on any atom is -0.488 e. The summed E-state index contributed by atoms with van der Waals surface area (Å²) in [4.78, 5) is 24.1. The number of hydrogen-bond acceptors (Lipinski definition) is 5. The lowest BCUT2D eigenvalue weighted by Gasteiger charge is -2.10. The van der Waals surface area contributed by atoms with Crippen molar-refractivity contribution in [3.05, 3.63) is 92.9 Å². The molecule has 0 saturated heterocycles. The molecule has 0 fully saturated rings. The van der Waals surface area contributed by atoms with Gasteiger partial charge in [-0.15, -0.1) is 0 Å². The summed E-state index contributed by atoms with van der Waals surface area (Å²) in [6.07, 6.45) is 1.000. The molecule has 166 valence electrons. The summed E-state index contributed by atoms with van der Waals surface area (Å²) in [6, 6.07) is 21.2. The summed E-state index contributed by atoms with van der Waals surface area (Å²) in [5, 5.41) is 15.9. The maximum Gasteiger partial charge on any atom is 0.249 e. The SMILES string of the molecule is N#Cc1ccc(COc2ccc(Cl)cc2C=NNC(=O)CC(=O)Nc2ccccc2Br)cc1. The first-order valence-corrected chi connectivity index (χ1v) is 10.9. The van der Waals surface area contributed by atoms with E-state index in [1.54, 1.807) is 48.5 Å². The van der Waals surface area contributed by atoms with Crippen molar-refractivity contribution in [1.82, 2.24) is 5.43 Å². The molecule has 0 heterocycles. The molecular formula is C24H18BrClN4O3. The Morgan fingerprint density at radius 2 is 1.85 bits per heavy atom. The van der Waals surface area contributed by atoms with E-state index in [1.165, 1.54) is 6.21 Å². The molecule has 0 saturated carbocycles. The highest BCUT2D eigenvalue weighted by Gasteiger charge is 2.11. The van der Waals surface area contributed by atoms with Crippen molar-refractivity contribution >= 4 is 51.2 Å². The van der Waals surface area contributed by atoms with Gasteiger partial charge in [-0.3, -0.25) is 9.59 Å². The topological polar surface area (TPSA) is 104 Å². The van der Waals surface area contributed by atoms with Crippen LogP contribution in [0, 0.1) is 11.3 Å². The quantitative estimate of drug-likeness (QED) is 0.244. The van der Waals surface area contributed by atoms with Crippen LogP contribution in [-0.2, 0) is 16.2 Å². The largest absolute Gasteiger partial charge is 0.488 e. The smallest absolute Gasteiger partial charge is 0.249 e. The Kier molecular flexibility index (Phi) is 8.58. The summed E-state index contributed by atoms with van der Waals surface area (Å²) in [5.74, 6) is -0.532. The predicted octanol–water partition coefficient (Wildman–Crippen LogP) is 5.03. The second-order valence-electron chi connectivity index (χ2n) is 6.78. The average Bonchev–Trinajstić information content (AvgIpc) is 2.80. The van der Waals surface area contributed by atoms with Crippen molar-refractivity contribution in [2.45, 2.75) is 13.0 Å². The standard InChI is InChI=1S/C24H18BrClN4O3/c25-20-3-1-2-4-21(20)29-23(31)12-24(32)30-28-14-18-11-19(26)9-10-22(18)33-15-17-7-5-16(13-27)6-8-17/h1-11,14H,12,15H2,(H,29,31)(H,30,32). The Morgan fingerprint density at radius 3 is 2.58 bits per heavy atom. The van der Waals surface area contributed by atoms with Gasteiger partial charge in [-0.2, -0.15) is 10.4 Å². The molecule has 2 N–H and O–H groups in total. The first-order chi connectivity index (χ1) is 15.9. The second kappa shape index (κ2) is 11.8. The fraction of sp³-hybridized carbons (Fsp3) is 0.0833. The number of carbonyl (C=O) groups is 2. The summed E-state index contributed by atoms with van der Waals surface area (Å²) >= 11 is 9.41. The van der Waals surface area contributed by atoms with Gasteiger partial charge >= 0.3 is 0 Å². The number of rotatable bonds is 8. The number of nitriles is 1. The molecule has 3 rings (SSSR count). The van der Waals surface area contributed by atoms with Crippen molar-refractivity contribution in [1.29, 1.82) is 5.26 Å². The minimum atomic E-state index is -0.571. The van der Waals surface area contributed by atoms with Crippen LogP contribution in [-0.4, -0.2) is 18.0 Å². The zero-order valence-corrected chi connectivity index (χ0v) is 19.6. The molecule has 0 bridgehead atoms. The molecule has 3 aromatic carbocycles. The van der Waals surface area contributed by atoms with Crippen LogP contribution in [0.2, 0.25) is 5.02 Å². The Balaban J connectivity index is 1.56. The molecule has 0 atom stereocenters. The van der Waals surface area contributed by atoms with E-state index in [0.717, 1.165) is 5.56 Å². The average molecular weight is 526 g/mol. The van der Waals surface area contributed by atoms with Crippen LogP contribution < -0.4 is 15.5 Å². The van der Waals surface area contributed by atoms with E-state index in [-0.39, 0.29) is 6.61 Å². The van der Waals surface area contributed by atoms with Crippen molar-refractivity contribution in [2.24, 2.45) is 5.10 Å². The fourth-order valence-corrected chi connectivity index (χ4v) is 3.27. The number of benzene rings is 3. The second-order valence-corrected chi connectivity index (χ2v) is 8.07. The highest BCUT2D eigenvalue weighted by Crippen LogP contribution is 2.23. The van der Waals surface area contributed by atoms with Gasteiger partial charge in [0.2, 0.25) is 11.8 Å². The van der Waals surface area contributed by atoms with Gasteiger partial charge in [0, 0.05) is 15.1 Å². The number of para-hydroxylation sites is 1. The van der Waals surface area contributed by atoms with Gasteiger partial charge in [0.25, 0.3) is 0 Å². The molecule has 2 amide bonds. The van der Waals surface area contributed by atoms with Crippen LogP contribution in [0.3, 0.4) is 0 Å². The fourth-order valence-electron chi connectivity index (χ4n) is 2.70. The first kappa shape index (κ1) is 24.0. The van der Waals surface area contributed by atoms with Gasteiger partial charge in [-0.05, 0) is 64.0 Å². The number of carbonyl (C=O) groups excluding carboxylic acids is 2. The number of nitrogens with zero attached hydrogens (tertiary/aromatic N) is 2. The molecule has 0 aliphatic rings. The number of hydrazone groups is 1. The molecule has 0 aliphatic carbocycles. The molecule has 0 aromatic heterocycles. The van der Waals surface area contributed by atoms with Gasteiger partial charge in [0.05, 0.1) is 23.5 Å². The Hall–Kier alpha value is -3.67. The van der Waals surface area contributed by atoms with E-state index in [9.17, 15) is 9.59 Å². The molecule has 0 radical (unpaired) electrons. The minimum absolute atomic E-state index is 0.274. The molecule has 33 heavy (non-hydrogen) atoms. The molecule has 9 heteroatoms. The number of amides is 2. The van der Waals surface area contributed by atoms with Crippen LogP contribution in [0.4, 0.5) is 5.69 Å². The monoisotopic (exact) mass is 524 g/mol. The van der Waals surface area contributed by atoms with Crippen LogP contribution in [0.15, 0.2) is 76.3 Å². The van der Waals surface area contributed by atoms with Gasteiger partial charge in [0.15, 0.2) is 0 Å². The van der Waals surface area contributed by atoms with Crippen molar-refractivity contribution < 1.29 is 14.3 Å². The van der Waals surface area contributed by atoms with Gasteiger partial charge in [-0.1, -0.05) is 35.9 Å². The van der Waals surface area contributed by atoms with Gasteiger partial charge < -0.3 is 10.1 Å². The number of hydrogen-bond donors (Lipinski definition) is 2. The number of anilines is 1. The van der Waals surface area contributed by atoms with E-state index < -0.39 is 18.2 Å². The van der Waals surface area contributed by atoms with Gasteiger partial charge in [0.1, 0.15) is 18.8 Å². The lowest BCUT2D eigenvalue weighted by Crippen LogP contribution is -2.24. The molecule has 0 spiro atoms. The van der Waals surface area contributed by atoms with E-state index in [2.05, 4.69) is 37.8 Å². The third-order valence-electron chi connectivity index (χ3n) is 4.31. The molecule has 0 unspecified atom stereocenters. The van der Waals surface area contributed by atoms with Crippen molar-refractivity contribution in [2.75, 3.05) is 5.32 Å².